The number of nitro benzene ring substituents is 1. The lowest BCUT2D eigenvalue weighted by Crippen LogP contribution is -2.19. The van der Waals surface area contributed by atoms with Gasteiger partial charge in [0.2, 0.25) is 0 Å². The number of hydrogen-bond donors (Lipinski definition) is 1. The maximum Gasteiger partial charge on any atom is 0.273 e. The highest BCUT2D eigenvalue weighted by atomic mass is 16.6. The van der Waals surface area contributed by atoms with Crippen molar-refractivity contribution in [2.24, 2.45) is 5.10 Å². The number of benzene rings is 2. The van der Waals surface area contributed by atoms with Gasteiger partial charge in [-0.15, -0.1) is 0 Å². The number of amides is 1. The molecule has 0 saturated carbocycles. The van der Waals surface area contributed by atoms with Crippen LogP contribution in [0.25, 0.3) is 0 Å². The van der Waals surface area contributed by atoms with E-state index in [9.17, 15) is 14.9 Å². The molecule has 0 aliphatic heterocycles. The molecule has 0 aliphatic rings. The number of nitrogens with one attached hydrogen (secondary N) is 1. The Morgan fingerprint density at radius 2 is 1.96 bits per heavy atom. The van der Waals surface area contributed by atoms with Gasteiger partial charge in [0.15, 0.2) is 0 Å². The number of carbonyl (C=O) groups excluding carboxylic acids is 1. The van der Waals surface area contributed by atoms with E-state index in [0.29, 0.717) is 17.0 Å². The van der Waals surface area contributed by atoms with E-state index in [1.165, 1.54) is 18.2 Å². The third-order valence-electron chi connectivity index (χ3n) is 3.48. The molecule has 0 unspecified atom stereocenters. The van der Waals surface area contributed by atoms with E-state index >= 15 is 0 Å². The van der Waals surface area contributed by atoms with Gasteiger partial charge >= 0.3 is 0 Å². The fraction of sp³-hybridized carbons (Fsp3) is 0.176. The Bertz CT molecular complexity index is 815. The minimum atomic E-state index is -0.517. The van der Waals surface area contributed by atoms with Crippen molar-refractivity contribution >= 4 is 17.3 Å². The van der Waals surface area contributed by atoms with Crippen molar-refractivity contribution in [1.29, 1.82) is 0 Å². The summed E-state index contributed by atoms with van der Waals surface area (Å²) in [5.74, 6) is 0.169. The van der Waals surface area contributed by atoms with E-state index in [4.69, 9.17) is 4.74 Å². The lowest BCUT2D eigenvalue weighted by Gasteiger charge is -2.05. The second kappa shape index (κ2) is 7.36. The van der Waals surface area contributed by atoms with Crippen LogP contribution in [0.1, 0.15) is 28.4 Å². The zero-order chi connectivity index (χ0) is 17.7. The number of hydrazone groups is 1. The summed E-state index contributed by atoms with van der Waals surface area (Å²) >= 11 is 0. The maximum absolute atomic E-state index is 12.1. The average Bonchev–Trinajstić information content (AvgIpc) is 2.59. The molecule has 1 amide bonds. The lowest BCUT2D eigenvalue weighted by atomic mass is 10.1. The van der Waals surface area contributed by atoms with Crippen molar-refractivity contribution in [1.82, 2.24) is 5.43 Å². The third kappa shape index (κ3) is 3.95. The van der Waals surface area contributed by atoms with Gasteiger partial charge in [-0.2, -0.15) is 5.10 Å². The molecule has 0 saturated heterocycles. The molecular formula is C17H17N3O4. The van der Waals surface area contributed by atoms with Crippen LogP contribution >= 0.6 is 0 Å². The molecule has 24 heavy (non-hydrogen) atoms. The van der Waals surface area contributed by atoms with Crippen LogP contribution in [0.5, 0.6) is 5.75 Å². The van der Waals surface area contributed by atoms with Gasteiger partial charge in [-0.25, -0.2) is 5.43 Å². The average molecular weight is 327 g/mol. The molecular weight excluding hydrogens is 310 g/mol. The van der Waals surface area contributed by atoms with Gasteiger partial charge in [0, 0.05) is 22.8 Å². The van der Waals surface area contributed by atoms with Crippen molar-refractivity contribution in [2.45, 2.75) is 13.8 Å². The second-order valence-corrected chi connectivity index (χ2v) is 5.13. The Kier molecular flexibility index (Phi) is 5.26. The molecule has 1 N–H and O–H groups in total. The molecule has 2 aromatic carbocycles. The fourth-order valence-electron chi connectivity index (χ4n) is 2.06. The van der Waals surface area contributed by atoms with Crippen molar-refractivity contribution in [3.8, 4) is 5.75 Å². The van der Waals surface area contributed by atoms with Crippen LogP contribution < -0.4 is 10.2 Å². The number of carbonyl (C=O) groups is 1. The van der Waals surface area contributed by atoms with E-state index in [-0.39, 0.29) is 11.3 Å². The highest BCUT2D eigenvalue weighted by Crippen LogP contribution is 2.19. The van der Waals surface area contributed by atoms with E-state index in [2.05, 4.69) is 10.5 Å². The van der Waals surface area contributed by atoms with Gasteiger partial charge in [0.1, 0.15) is 5.75 Å². The second-order valence-electron chi connectivity index (χ2n) is 5.13. The summed E-state index contributed by atoms with van der Waals surface area (Å²) in [7, 11) is 1.57. The lowest BCUT2D eigenvalue weighted by molar-refractivity contribution is -0.385. The van der Waals surface area contributed by atoms with Crippen LogP contribution in [0, 0.1) is 17.0 Å². The van der Waals surface area contributed by atoms with Crippen LogP contribution in [0.3, 0.4) is 0 Å². The molecule has 2 aromatic rings. The SMILES string of the molecule is COc1cccc(/C(C)=N/NC(=O)c2ccc(C)c([N+](=O)[O-])c2)c1. The normalized spacial score (nSPS) is 11.0. The van der Waals surface area contributed by atoms with Crippen LogP contribution in [0.2, 0.25) is 0 Å². The first kappa shape index (κ1) is 17.1. The topological polar surface area (TPSA) is 93.8 Å². The molecule has 0 heterocycles. The number of methoxy groups -OCH3 is 1. The Morgan fingerprint density at radius 1 is 1.21 bits per heavy atom. The van der Waals surface area contributed by atoms with E-state index in [0.717, 1.165) is 5.56 Å². The molecule has 0 aliphatic carbocycles. The van der Waals surface area contributed by atoms with Crippen LogP contribution in [0.4, 0.5) is 5.69 Å². The highest BCUT2D eigenvalue weighted by Gasteiger charge is 2.14. The predicted octanol–water partition coefficient (Wildman–Crippen LogP) is 3.07. The summed E-state index contributed by atoms with van der Waals surface area (Å²) in [6.07, 6.45) is 0. The van der Waals surface area contributed by atoms with Crippen LogP contribution in [-0.4, -0.2) is 23.7 Å². The molecule has 0 atom stereocenters. The van der Waals surface area contributed by atoms with Crippen molar-refractivity contribution in [3.63, 3.8) is 0 Å². The number of rotatable bonds is 5. The Hall–Kier alpha value is -3.22. The minimum absolute atomic E-state index is 0.101. The Labute approximate surface area is 139 Å². The number of hydrogen-bond acceptors (Lipinski definition) is 5. The molecule has 0 aromatic heterocycles. The molecule has 124 valence electrons. The summed E-state index contributed by atoms with van der Waals surface area (Å²) in [5, 5.41) is 15.0. The Morgan fingerprint density at radius 3 is 2.62 bits per heavy atom. The van der Waals surface area contributed by atoms with E-state index < -0.39 is 10.8 Å². The summed E-state index contributed by atoms with van der Waals surface area (Å²) < 4.78 is 5.14. The smallest absolute Gasteiger partial charge is 0.273 e. The van der Waals surface area contributed by atoms with Crippen molar-refractivity contribution in [3.05, 3.63) is 69.3 Å². The van der Waals surface area contributed by atoms with Gasteiger partial charge in [-0.3, -0.25) is 14.9 Å². The molecule has 0 fully saturated rings. The van der Waals surface area contributed by atoms with Gasteiger partial charge < -0.3 is 4.74 Å². The number of nitro groups is 1. The summed E-state index contributed by atoms with van der Waals surface area (Å²) in [4.78, 5) is 22.5. The number of aryl methyl sites for hydroxylation is 1. The van der Waals surface area contributed by atoms with Gasteiger partial charge in [0.05, 0.1) is 17.7 Å². The zero-order valence-electron chi connectivity index (χ0n) is 13.6. The molecule has 0 spiro atoms. The van der Waals surface area contributed by atoms with Gasteiger partial charge in [-0.1, -0.05) is 18.2 Å². The first-order valence-corrected chi connectivity index (χ1v) is 7.16. The molecule has 7 heteroatoms. The molecule has 0 radical (unpaired) electrons. The summed E-state index contributed by atoms with van der Waals surface area (Å²) in [6, 6.07) is 11.5. The van der Waals surface area contributed by atoms with Gasteiger partial charge in [-0.05, 0) is 32.0 Å². The number of nitrogens with zero attached hydrogens (tertiary/aromatic N) is 2. The summed E-state index contributed by atoms with van der Waals surface area (Å²) in [6.45, 7) is 3.36. The quantitative estimate of drug-likeness (QED) is 0.519. The maximum atomic E-state index is 12.1. The summed E-state index contributed by atoms with van der Waals surface area (Å²) in [5.41, 5.74) is 4.36. The first-order chi connectivity index (χ1) is 11.4. The highest BCUT2D eigenvalue weighted by molar-refractivity contribution is 6.01. The fourth-order valence-corrected chi connectivity index (χ4v) is 2.06. The van der Waals surface area contributed by atoms with Crippen LogP contribution in [0.15, 0.2) is 47.6 Å². The first-order valence-electron chi connectivity index (χ1n) is 7.16. The van der Waals surface area contributed by atoms with Gasteiger partial charge in [0.25, 0.3) is 11.6 Å². The molecule has 0 bridgehead atoms. The largest absolute Gasteiger partial charge is 0.497 e. The molecule has 2 rings (SSSR count). The zero-order valence-corrected chi connectivity index (χ0v) is 13.6. The predicted molar refractivity (Wildman–Crippen MR) is 90.5 cm³/mol. The van der Waals surface area contributed by atoms with E-state index in [1.54, 1.807) is 33.1 Å². The Balaban J connectivity index is 2.17. The van der Waals surface area contributed by atoms with Crippen molar-refractivity contribution < 1.29 is 14.5 Å². The monoisotopic (exact) mass is 327 g/mol. The standard InChI is InChI=1S/C17H17N3O4/c1-11-7-8-14(10-16(11)20(22)23)17(21)19-18-12(2)13-5-4-6-15(9-13)24-3/h4-10H,1-3H3,(H,19,21)/b18-12+. The van der Waals surface area contributed by atoms with Crippen molar-refractivity contribution in [2.75, 3.05) is 7.11 Å². The number of ether oxygens (including phenoxy) is 1. The third-order valence-corrected chi connectivity index (χ3v) is 3.48. The molecule has 7 nitrogen and oxygen atoms in total. The van der Waals surface area contributed by atoms with E-state index in [1.807, 2.05) is 12.1 Å². The van der Waals surface area contributed by atoms with Crippen LogP contribution in [-0.2, 0) is 0 Å². The minimum Gasteiger partial charge on any atom is -0.497 e.